The highest BCUT2D eigenvalue weighted by atomic mass is 32.2. The zero-order valence-electron chi connectivity index (χ0n) is 16.0. The molecule has 0 saturated heterocycles. The van der Waals surface area contributed by atoms with Crippen molar-refractivity contribution in [1.29, 1.82) is 0 Å². The van der Waals surface area contributed by atoms with E-state index in [0.717, 1.165) is 29.3 Å². The number of anilines is 1. The Morgan fingerprint density at radius 1 is 1.20 bits per heavy atom. The Hall–Kier alpha value is -3.40. The van der Waals surface area contributed by atoms with E-state index in [1.54, 1.807) is 24.8 Å². The Kier molecular flexibility index (Phi) is 5.40. The van der Waals surface area contributed by atoms with Crippen molar-refractivity contribution in [3.8, 4) is 17.3 Å². The van der Waals surface area contributed by atoms with Crippen LogP contribution in [0, 0.1) is 11.6 Å². The number of nitrogens with zero attached hydrogens (tertiary/aromatic N) is 3. The fourth-order valence-corrected chi connectivity index (χ4v) is 3.60. The molecule has 0 unspecified atom stereocenters. The van der Waals surface area contributed by atoms with Gasteiger partial charge in [0.1, 0.15) is 17.3 Å². The van der Waals surface area contributed by atoms with Crippen molar-refractivity contribution in [1.82, 2.24) is 14.8 Å². The predicted octanol–water partition coefficient (Wildman–Crippen LogP) is 4.25. The van der Waals surface area contributed by atoms with Crippen molar-refractivity contribution in [3.05, 3.63) is 54.1 Å². The number of carbonyl (C=O) groups excluding carboxylic acids is 1. The monoisotopic (exact) mass is 430 g/mol. The fourth-order valence-electron chi connectivity index (χ4n) is 2.89. The molecule has 0 radical (unpaired) electrons. The van der Waals surface area contributed by atoms with Gasteiger partial charge in [0.2, 0.25) is 5.91 Å². The number of benzene rings is 2. The van der Waals surface area contributed by atoms with E-state index in [2.05, 4.69) is 15.5 Å². The molecule has 2 heterocycles. The van der Waals surface area contributed by atoms with Crippen LogP contribution < -0.4 is 10.1 Å². The normalized spacial score (nSPS) is 11.1. The molecule has 0 bridgehead atoms. The third kappa shape index (κ3) is 3.73. The number of para-hydroxylation sites is 2. The van der Waals surface area contributed by atoms with Gasteiger partial charge >= 0.3 is 0 Å². The minimum Gasteiger partial charge on any atom is -0.493 e. The van der Waals surface area contributed by atoms with Crippen LogP contribution in [0.15, 0.2) is 52.0 Å². The summed E-state index contributed by atoms with van der Waals surface area (Å²) < 4.78 is 40.2. The lowest BCUT2D eigenvalue weighted by atomic mass is 10.2. The van der Waals surface area contributed by atoms with Crippen LogP contribution in [0.25, 0.3) is 22.6 Å². The van der Waals surface area contributed by atoms with Crippen LogP contribution in [0.1, 0.15) is 0 Å². The standard InChI is InChI=1S/C20H16F2N4O3S/c1-26-19(15-9-11-5-3-8-14(28-2)18(11)29-15)24-25-20(26)30-10-16(27)23-17-12(21)6-4-7-13(17)22/h3-9H,10H2,1-2H3,(H,23,27). The number of methoxy groups -OCH3 is 1. The summed E-state index contributed by atoms with van der Waals surface area (Å²) in [5.41, 5.74) is 0.122. The number of rotatable bonds is 6. The van der Waals surface area contributed by atoms with Gasteiger partial charge in [0, 0.05) is 12.4 Å². The molecule has 7 nitrogen and oxygen atoms in total. The minimum atomic E-state index is -0.838. The van der Waals surface area contributed by atoms with Gasteiger partial charge in [-0.1, -0.05) is 30.0 Å². The molecule has 0 saturated carbocycles. The first-order valence-corrected chi connectivity index (χ1v) is 9.79. The van der Waals surface area contributed by atoms with Crippen molar-refractivity contribution in [2.75, 3.05) is 18.2 Å². The van der Waals surface area contributed by atoms with Crippen LogP contribution in [0.4, 0.5) is 14.5 Å². The number of ether oxygens (including phenoxy) is 1. The number of thioether (sulfide) groups is 1. The van der Waals surface area contributed by atoms with Gasteiger partial charge < -0.3 is 19.0 Å². The molecule has 2 aromatic heterocycles. The lowest BCUT2D eigenvalue weighted by Crippen LogP contribution is -2.16. The molecule has 4 rings (SSSR count). The Morgan fingerprint density at radius 3 is 2.67 bits per heavy atom. The molecule has 0 aliphatic carbocycles. The lowest BCUT2D eigenvalue weighted by Gasteiger charge is -2.07. The molecule has 10 heteroatoms. The largest absolute Gasteiger partial charge is 0.493 e. The van der Waals surface area contributed by atoms with E-state index in [1.807, 2.05) is 18.2 Å². The molecule has 0 aliphatic rings. The van der Waals surface area contributed by atoms with E-state index in [1.165, 1.54) is 6.07 Å². The molecule has 30 heavy (non-hydrogen) atoms. The van der Waals surface area contributed by atoms with Gasteiger partial charge in [-0.05, 0) is 24.3 Å². The van der Waals surface area contributed by atoms with Crippen LogP contribution in [0.3, 0.4) is 0 Å². The molecule has 4 aromatic rings. The minimum absolute atomic E-state index is 0.103. The zero-order valence-corrected chi connectivity index (χ0v) is 16.8. The molecule has 1 N–H and O–H groups in total. The second-order valence-corrected chi connectivity index (χ2v) is 7.23. The Balaban J connectivity index is 1.49. The van der Waals surface area contributed by atoms with E-state index < -0.39 is 23.2 Å². The average Bonchev–Trinajstić information content (AvgIpc) is 3.32. The summed E-state index contributed by atoms with van der Waals surface area (Å²) in [4.78, 5) is 12.1. The number of hydrogen-bond acceptors (Lipinski definition) is 6. The number of nitrogens with one attached hydrogen (secondary N) is 1. The highest BCUT2D eigenvalue weighted by molar-refractivity contribution is 7.99. The topological polar surface area (TPSA) is 82.2 Å². The third-order valence-corrected chi connectivity index (χ3v) is 5.36. The second kappa shape index (κ2) is 8.15. The number of furan rings is 1. The predicted molar refractivity (Wildman–Crippen MR) is 108 cm³/mol. The van der Waals surface area contributed by atoms with Crippen molar-refractivity contribution < 1.29 is 22.7 Å². The second-order valence-electron chi connectivity index (χ2n) is 6.29. The summed E-state index contributed by atoms with van der Waals surface area (Å²) in [5, 5.41) is 11.7. The molecular formula is C20H16F2N4O3S. The Labute approximate surface area is 174 Å². The SMILES string of the molecule is COc1cccc2cc(-c3nnc(SCC(=O)Nc4c(F)cccc4F)n3C)oc12. The molecule has 0 aliphatic heterocycles. The molecule has 2 aromatic carbocycles. The maximum absolute atomic E-state index is 13.7. The van der Waals surface area contributed by atoms with Gasteiger partial charge in [0.05, 0.1) is 12.9 Å². The van der Waals surface area contributed by atoms with Gasteiger partial charge in [-0.15, -0.1) is 10.2 Å². The quantitative estimate of drug-likeness (QED) is 0.461. The molecule has 0 fully saturated rings. The third-order valence-electron chi connectivity index (χ3n) is 4.34. The average molecular weight is 430 g/mol. The summed E-state index contributed by atoms with van der Waals surface area (Å²) in [5.74, 6) is -0.780. The van der Waals surface area contributed by atoms with E-state index in [-0.39, 0.29) is 5.75 Å². The van der Waals surface area contributed by atoms with E-state index in [4.69, 9.17) is 9.15 Å². The van der Waals surface area contributed by atoms with E-state index in [0.29, 0.717) is 28.1 Å². The molecule has 154 valence electrons. The first kappa shape index (κ1) is 19.9. The van der Waals surface area contributed by atoms with Crippen LogP contribution in [-0.2, 0) is 11.8 Å². The lowest BCUT2D eigenvalue weighted by molar-refractivity contribution is -0.113. The highest BCUT2D eigenvalue weighted by Gasteiger charge is 2.18. The van der Waals surface area contributed by atoms with Gasteiger partial charge in [-0.25, -0.2) is 8.78 Å². The number of fused-ring (bicyclic) bond motifs is 1. The highest BCUT2D eigenvalue weighted by Crippen LogP contribution is 2.33. The maximum atomic E-state index is 13.7. The smallest absolute Gasteiger partial charge is 0.235 e. The van der Waals surface area contributed by atoms with Crippen LogP contribution in [-0.4, -0.2) is 33.5 Å². The van der Waals surface area contributed by atoms with Crippen LogP contribution in [0.5, 0.6) is 5.75 Å². The molecule has 0 spiro atoms. The van der Waals surface area contributed by atoms with Gasteiger partial charge in [-0.3, -0.25) is 4.79 Å². The first-order chi connectivity index (χ1) is 14.5. The first-order valence-electron chi connectivity index (χ1n) is 8.81. The summed E-state index contributed by atoms with van der Waals surface area (Å²) in [6.45, 7) is 0. The van der Waals surface area contributed by atoms with E-state index in [9.17, 15) is 13.6 Å². The van der Waals surface area contributed by atoms with Crippen molar-refractivity contribution >= 4 is 34.3 Å². The number of aromatic nitrogens is 3. The summed E-state index contributed by atoms with van der Waals surface area (Å²) >= 11 is 1.08. The summed E-state index contributed by atoms with van der Waals surface area (Å²) in [6, 6.07) is 10.7. The van der Waals surface area contributed by atoms with Gasteiger partial charge in [-0.2, -0.15) is 0 Å². The Bertz CT molecular complexity index is 1220. The van der Waals surface area contributed by atoms with Crippen molar-refractivity contribution in [2.45, 2.75) is 5.16 Å². The zero-order chi connectivity index (χ0) is 21.3. The van der Waals surface area contributed by atoms with Crippen LogP contribution >= 0.6 is 11.8 Å². The van der Waals surface area contributed by atoms with Crippen molar-refractivity contribution in [2.24, 2.45) is 7.05 Å². The van der Waals surface area contributed by atoms with Crippen LogP contribution in [0.2, 0.25) is 0 Å². The summed E-state index contributed by atoms with van der Waals surface area (Å²) in [6.07, 6.45) is 0. The van der Waals surface area contributed by atoms with Gasteiger partial charge in [0.15, 0.2) is 28.1 Å². The molecule has 0 atom stereocenters. The Morgan fingerprint density at radius 2 is 1.93 bits per heavy atom. The van der Waals surface area contributed by atoms with Crippen molar-refractivity contribution in [3.63, 3.8) is 0 Å². The fraction of sp³-hybridized carbons (Fsp3) is 0.150. The number of carbonyl (C=O) groups is 1. The number of hydrogen-bond donors (Lipinski definition) is 1. The number of halogens is 2. The number of amides is 1. The molecular weight excluding hydrogens is 414 g/mol. The van der Waals surface area contributed by atoms with E-state index >= 15 is 0 Å². The summed E-state index contributed by atoms with van der Waals surface area (Å²) in [7, 11) is 3.29. The van der Waals surface area contributed by atoms with Gasteiger partial charge in [0.25, 0.3) is 0 Å². The maximum Gasteiger partial charge on any atom is 0.235 e. The molecule has 1 amide bonds.